The van der Waals surface area contributed by atoms with Gasteiger partial charge in [-0.2, -0.15) is 4.98 Å². The van der Waals surface area contributed by atoms with Gasteiger partial charge in [0.15, 0.2) is 5.69 Å². The predicted octanol–water partition coefficient (Wildman–Crippen LogP) is 33.2. The van der Waals surface area contributed by atoms with Crippen LogP contribution in [0.3, 0.4) is 0 Å². The quantitative estimate of drug-likeness (QED) is 0.153. The zero-order chi connectivity index (χ0) is 93.0. The molecule has 142 heavy (non-hydrogen) atoms. The molecule has 12 aromatic heterocycles. The maximum absolute atomic E-state index is 7.96. The van der Waals surface area contributed by atoms with Crippen molar-refractivity contribution in [2.75, 3.05) is 0 Å². The lowest BCUT2D eigenvalue weighted by molar-refractivity contribution is 1.02. The molecule has 0 atom stereocenters. The van der Waals surface area contributed by atoms with E-state index in [9.17, 15) is 0 Å². The van der Waals surface area contributed by atoms with Crippen LogP contribution in [0.1, 0.15) is 0 Å². The molecule has 0 spiro atoms. The molecule has 14 nitrogen and oxygen atoms in total. The Morgan fingerprint density at radius 1 is 0.176 bits per heavy atom. The second kappa shape index (κ2) is 29.4. The van der Waals surface area contributed by atoms with E-state index in [2.05, 4.69) is 401 Å². The lowest BCUT2D eigenvalue weighted by atomic mass is 10.0. The second-order valence-corrected chi connectivity index (χ2v) is 37.1. The molecule has 0 unspecified atom stereocenters. The molecule has 21 aromatic carbocycles. The summed E-state index contributed by atoms with van der Waals surface area (Å²) in [4.78, 5) is 39.0. The molecule has 0 saturated heterocycles. The molecule has 0 fully saturated rings. The van der Waals surface area contributed by atoms with Crippen LogP contribution >= 0.6 is 0 Å². The van der Waals surface area contributed by atoms with E-state index in [4.69, 9.17) is 43.0 Å². The van der Waals surface area contributed by atoms with Crippen molar-refractivity contribution in [1.29, 1.82) is 0 Å². The van der Waals surface area contributed by atoms with Gasteiger partial charge in [-0.3, -0.25) is 13.7 Å². The van der Waals surface area contributed by atoms with E-state index < -0.39 is 0 Å². The van der Waals surface area contributed by atoms with Crippen molar-refractivity contribution in [3.05, 3.63) is 447 Å². The highest BCUT2D eigenvalue weighted by molar-refractivity contribution is 6.41. The number of aromatic nitrogens is 12. The number of benzene rings is 21. The lowest BCUT2D eigenvalue weighted by Gasteiger charge is -2.13. The maximum atomic E-state index is 7.96. The van der Waals surface area contributed by atoms with Gasteiger partial charge in [-0.05, 0) is 106 Å². The van der Waals surface area contributed by atoms with E-state index in [1.54, 1.807) is 0 Å². The van der Waals surface area contributed by atoms with Crippen LogP contribution in [0.25, 0.3) is 306 Å². The average Bonchev–Trinajstić information content (AvgIpc) is 1.52. The molecule has 0 saturated carbocycles. The Bertz CT molecular complexity index is 11400. The molecule has 0 aliphatic carbocycles. The molecule has 0 aliphatic rings. The minimum atomic E-state index is 0.360. The van der Waals surface area contributed by atoms with Gasteiger partial charge in [-0.1, -0.05) is 363 Å². The summed E-state index contributed by atoms with van der Waals surface area (Å²) >= 11 is 0. The number of hydrogen-bond acceptors (Lipinski definition) is 6. The highest BCUT2D eigenvalue weighted by atomic mass is 15.2. The first-order valence-corrected chi connectivity index (χ1v) is 47.8. The summed E-state index contributed by atoms with van der Waals surface area (Å²) in [6, 6.07) is 150. The number of para-hydroxylation sites is 9. The van der Waals surface area contributed by atoms with Crippen LogP contribution in [0.4, 0.5) is 11.5 Å². The Labute approximate surface area is 806 Å². The van der Waals surface area contributed by atoms with Crippen LogP contribution < -0.4 is 0 Å². The molecular weight excluding hydrogens is 1730 g/mol. The minimum absolute atomic E-state index is 0.360. The third-order valence-electron chi connectivity index (χ3n) is 30.0. The maximum Gasteiger partial charge on any atom is 0.332 e. The third-order valence-corrected chi connectivity index (χ3v) is 30.0. The van der Waals surface area contributed by atoms with Crippen molar-refractivity contribution in [2.24, 2.45) is 0 Å². The molecule has 0 radical (unpaired) electrons. The molecule has 12 heterocycles. The Hall–Kier alpha value is -19.8. The molecule has 0 aliphatic heterocycles. The largest absolute Gasteiger partial charge is 0.360 e. The Morgan fingerprint density at radius 2 is 0.458 bits per heavy atom. The second-order valence-electron chi connectivity index (χ2n) is 37.1. The Balaban J connectivity index is 0.0000000982. The summed E-state index contributed by atoms with van der Waals surface area (Å²) in [6.45, 7) is 15.4. The minimum Gasteiger partial charge on any atom is -0.360 e. The van der Waals surface area contributed by atoms with E-state index in [0.29, 0.717) is 29.4 Å². The van der Waals surface area contributed by atoms with Gasteiger partial charge in [0, 0.05) is 135 Å². The molecule has 14 heteroatoms. The van der Waals surface area contributed by atoms with Crippen LogP contribution in [0.15, 0.2) is 425 Å². The van der Waals surface area contributed by atoms with E-state index >= 15 is 0 Å². The average molecular weight is 1800 g/mol. The fourth-order valence-corrected chi connectivity index (χ4v) is 24.1. The summed E-state index contributed by atoms with van der Waals surface area (Å²) in [5.74, 6) is 2.16. The van der Waals surface area contributed by atoms with Crippen LogP contribution in [-0.4, -0.2) is 56.8 Å². The Morgan fingerprint density at radius 3 is 0.824 bits per heavy atom. The lowest BCUT2D eigenvalue weighted by Crippen LogP contribution is -2.03. The van der Waals surface area contributed by atoms with E-state index in [-0.39, 0.29) is 0 Å². The predicted molar refractivity (Wildman–Crippen MR) is 587 cm³/mol. The molecule has 33 rings (SSSR count). The molecule has 0 N–H and O–H groups in total. The summed E-state index contributed by atoms with van der Waals surface area (Å²) in [6.07, 6.45) is 0. The summed E-state index contributed by atoms with van der Waals surface area (Å²) in [5, 5.41) is 31.7. The van der Waals surface area contributed by atoms with Gasteiger partial charge in [0.1, 0.15) is 0 Å². The number of nitrogens with zero attached hydrogens (tertiary/aromatic N) is 14. The topological polar surface area (TPSA) is 114 Å². The first-order chi connectivity index (χ1) is 70.4. The Kier molecular flexibility index (Phi) is 16.0. The van der Waals surface area contributed by atoms with Crippen LogP contribution in [0.5, 0.6) is 0 Å². The molecule has 33 aromatic rings. The van der Waals surface area contributed by atoms with Crippen molar-refractivity contribution in [2.45, 2.75) is 0 Å². The van der Waals surface area contributed by atoms with Gasteiger partial charge in [-0.15, -0.1) is 0 Å². The molecule has 0 amide bonds. The molecule has 652 valence electrons. The van der Waals surface area contributed by atoms with Crippen molar-refractivity contribution in [3.63, 3.8) is 0 Å². The van der Waals surface area contributed by atoms with Gasteiger partial charge < -0.3 is 18.0 Å². The number of rotatable bonds is 6. The van der Waals surface area contributed by atoms with Gasteiger partial charge in [0.25, 0.3) is 5.82 Å². The van der Waals surface area contributed by atoms with Crippen molar-refractivity contribution >= 4 is 256 Å². The number of fused-ring (bicyclic) bond motifs is 39. The van der Waals surface area contributed by atoms with E-state index in [0.717, 1.165) is 110 Å². The first-order valence-electron chi connectivity index (χ1n) is 47.8. The van der Waals surface area contributed by atoms with Crippen molar-refractivity contribution in [3.8, 4) is 51.5 Å². The van der Waals surface area contributed by atoms with Gasteiger partial charge in [0.2, 0.25) is 11.9 Å². The summed E-state index contributed by atoms with van der Waals surface area (Å²) in [5.41, 5.74) is 26.8. The normalized spacial score (nSPS) is 12.2. The van der Waals surface area contributed by atoms with Crippen molar-refractivity contribution < 1.29 is 0 Å². The highest BCUT2D eigenvalue weighted by Gasteiger charge is 2.33. The van der Waals surface area contributed by atoms with Gasteiger partial charge >= 0.3 is 5.95 Å². The zero-order valence-electron chi connectivity index (χ0n) is 75.7. The van der Waals surface area contributed by atoms with Crippen LogP contribution in [0, 0.1) is 13.1 Å². The van der Waals surface area contributed by atoms with E-state index in [1.807, 2.05) is 60.7 Å². The van der Waals surface area contributed by atoms with Crippen molar-refractivity contribution in [1.82, 2.24) is 56.8 Å². The van der Waals surface area contributed by atoms with E-state index in [1.165, 1.54) is 169 Å². The van der Waals surface area contributed by atoms with Crippen LogP contribution in [-0.2, 0) is 0 Å². The monoisotopic (exact) mass is 1800 g/mol. The molecule has 0 bridgehead atoms. The van der Waals surface area contributed by atoms with Gasteiger partial charge in [-0.25, -0.2) is 24.8 Å². The zero-order valence-corrected chi connectivity index (χ0v) is 75.7. The van der Waals surface area contributed by atoms with Crippen LogP contribution in [0.2, 0.25) is 0 Å². The summed E-state index contributed by atoms with van der Waals surface area (Å²) < 4.78 is 14.1. The summed E-state index contributed by atoms with van der Waals surface area (Å²) in [7, 11) is 0. The third kappa shape index (κ3) is 10.7. The molecular formula is C128H70N14. The highest BCUT2D eigenvalue weighted by Crippen LogP contribution is 2.54. The fourth-order valence-electron chi connectivity index (χ4n) is 24.1. The fraction of sp³-hybridized carbons (Fsp3) is 0. The smallest absolute Gasteiger partial charge is 0.332 e. The standard InChI is InChI=1S/C48H28N4.C43H23N5.C37H19N5/c1-2-12-29(13-3-1)30-22-24-32(25-23-30)45-35-17-6-9-19-39(35)49-48(50-45)52-42-28-38-34-16-7-10-20-40(34)51-41-21-11-8-18-36(41)44(47(38)51)43(42)37-27-26-31-14-4-5-15-33(31)46(37)52;1-44-27-21-18-26(19-22-27)40-30-13-4-7-15-34(30)45-43(46-40)48-37-24-33-29-12-5-8-16-35(29)47-36-17-9-6-14-31(36)39(42(33)47)38(37)32-23-20-25-10-2-3-11-28(25)41(32)48;1-38-36-24-13-4-7-15-28(24)39-37(40-36)42-31-20-27-23-12-5-8-16-29(23)41-30-17-9-6-14-25(30)33(35(27)41)32(31)26-19-18-21-10-2-3-11-22(21)34(26)42/h1-28H;2-24H;2-20H. The number of hydrogen-bond donors (Lipinski definition) is 0. The SMILES string of the molecule is [C-]#[N+]c1ccc(-c2nc(-n3c4cc5c6ccccc6n6c7ccccc7c(c4c4ccc7ccccc7c43)c56)nc3ccccc23)cc1.[C-]#[N+]c1nc(-n2c3cc4c5ccccc5n5c6ccccc6c(c3c3ccc6ccccc6c32)c45)nc2ccccc12.c1ccc(-c2ccc(-c3nc(-n4c5cc6c7ccccc7n7c8ccccc8c(c5c5ccc8ccccc8c54)c67)nc4ccccc34)cc2)cc1. The first kappa shape index (κ1) is 77.5. The van der Waals surface area contributed by atoms with Gasteiger partial charge in [0.05, 0.1) is 117 Å².